The highest BCUT2D eigenvalue weighted by Crippen LogP contribution is 2.54. The number of fused-ring (bicyclic) bond motifs is 1. The summed E-state index contributed by atoms with van der Waals surface area (Å²) in [4.78, 5) is 0. The predicted octanol–water partition coefficient (Wildman–Crippen LogP) is 2.01. The summed E-state index contributed by atoms with van der Waals surface area (Å²) in [5, 5.41) is 7.07. The van der Waals surface area contributed by atoms with Crippen LogP contribution in [-0.2, 0) is 0 Å². The summed E-state index contributed by atoms with van der Waals surface area (Å²) in [7, 11) is 0. The molecule has 0 aromatic rings. The molecule has 0 aliphatic heterocycles. The topological polar surface area (TPSA) is 24.1 Å². The highest BCUT2D eigenvalue weighted by Gasteiger charge is 2.49. The fourth-order valence-electron chi connectivity index (χ4n) is 3.21. The van der Waals surface area contributed by atoms with E-state index in [0.29, 0.717) is 6.04 Å². The van der Waals surface area contributed by atoms with Gasteiger partial charge in [-0.2, -0.15) is 0 Å². The molecule has 0 bridgehead atoms. The van der Waals surface area contributed by atoms with Crippen molar-refractivity contribution in [2.24, 2.45) is 17.8 Å². The smallest absolute Gasteiger partial charge is 0.0164 e. The Morgan fingerprint density at radius 1 is 1.20 bits per heavy atom. The molecule has 2 N–H and O–H groups in total. The molecule has 2 rings (SSSR count). The van der Waals surface area contributed by atoms with Crippen molar-refractivity contribution in [2.75, 3.05) is 19.6 Å². The summed E-state index contributed by atoms with van der Waals surface area (Å²) in [6, 6.07) is 0.632. The third-order valence-corrected chi connectivity index (χ3v) is 4.24. The summed E-state index contributed by atoms with van der Waals surface area (Å²) in [5.41, 5.74) is 0. The molecule has 0 aromatic heterocycles. The average molecular weight is 210 g/mol. The Labute approximate surface area is 94.2 Å². The van der Waals surface area contributed by atoms with Crippen LogP contribution in [0, 0.1) is 17.8 Å². The molecule has 3 unspecified atom stereocenters. The average Bonchev–Trinajstić information content (AvgIpc) is 2.97. The number of hydrogen-bond donors (Lipinski definition) is 2. The standard InChI is InChI=1S/C13H26N2/c1-3-14-8-10(2)15-9-13-11-6-4-5-7-12(11)13/h10-15H,3-9H2,1-2H3. The Balaban J connectivity index is 1.58. The van der Waals surface area contributed by atoms with Gasteiger partial charge in [-0.25, -0.2) is 0 Å². The van der Waals surface area contributed by atoms with E-state index in [1.165, 1.54) is 32.2 Å². The van der Waals surface area contributed by atoms with Crippen molar-refractivity contribution in [3.63, 3.8) is 0 Å². The predicted molar refractivity (Wildman–Crippen MR) is 64.9 cm³/mol. The molecule has 2 fully saturated rings. The lowest BCUT2D eigenvalue weighted by Crippen LogP contribution is -2.37. The lowest BCUT2D eigenvalue weighted by Gasteiger charge is -2.13. The first-order chi connectivity index (χ1) is 7.33. The second-order valence-corrected chi connectivity index (χ2v) is 5.39. The molecule has 2 nitrogen and oxygen atoms in total. The van der Waals surface area contributed by atoms with Gasteiger partial charge in [0.2, 0.25) is 0 Å². The van der Waals surface area contributed by atoms with Gasteiger partial charge in [-0.3, -0.25) is 0 Å². The molecule has 2 aliphatic rings. The van der Waals surface area contributed by atoms with Crippen LogP contribution in [0.15, 0.2) is 0 Å². The van der Waals surface area contributed by atoms with Crippen molar-refractivity contribution in [3.8, 4) is 0 Å². The van der Waals surface area contributed by atoms with Gasteiger partial charge in [-0.1, -0.05) is 19.8 Å². The molecule has 0 radical (unpaired) electrons. The van der Waals surface area contributed by atoms with E-state index in [4.69, 9.17) is 0 Å². The lowest BCUT2D eigenvalue weighted by molar-refractivity contribution is 0.480. The van der Waals surface area contributed by atoms with Gasteiger partial charge in [0.15, 0.2) is 0 Å². The van der Waals surface area contributed by atoms with E-state index in [2.05, 4.69) is 24.5 Å². The molecule has 15 heavy (non-hydrogen) atoms. The van der Waals surface area contributed by atoms with Gasteiger partial charge in [0, 0.05) is 12.6 Å². The largest absolute Gasteiger partial charge is 0.315 e. The molecule has 0 saturated heterocycles. The van der Waals surface area contributed by atoms with Gasteiger partial charge in [-0.05, 0) is 50.6 Å². The fourth-order valence-corrected chi connectivity index (χ4v) is 3.21. The first-order valence-electron chi connectivity index (χ1n) is 6.77. The van der Waals surface area contributed by atoms with Crippen LogP contribution < -0.4 is 10.6 Å². The molecular weight excluding hydrogens is 184 g/mol. The number of likely N-dealkylation sites (N-methyl/N-ethyl adjacent to an activating group) is 1. The van der Waals surface area contributed by atoms with E-state index in [-0.39, 0.29) is 0 Å². The van der Waals surface area contributed by atoms with Crippen molar-refractivity contribution in [2.45, 2.75) is 45.6 Å². The van der Waals surface area contributed by atoms with E-state index < -0.39 is 0 Å². The lowest BCUT2D eigenvalue weighted by atomic mass is 10.0. The zero-order chi connectivity index (χ0) is 10.7. The molecule has 0 amide bonds. The number of nitrogens with one attached hydrogen (secondary N) is 2. The van der Waals surface area contributed by atoms with Crippen LogP contribution in [0.4, 0.5) is 0 Å². The Bertz CT molecular complexity index is 181. The second-order valence-electron chi connectivity index (χ2n) is 5.39. The summed E-state index contributed by atoms with van der Waals surface area (Å²) in [6.07, 6.45) is 6.01. The fraction of sp³-hybridized carbons (Fsp3) is 1.00. The maximum atomic E-state index is 3.67. The van der Waals surface area contributed by atoms with Gasteiger partial charge in [0.25, 0.3) is 0 Å². The summed E-state index contributed by atoms with van der Waals surface area (Å²) in [5.74, 6) is 3.21. The van der Waals surface area contributed by atoms with Crippen molar-refractivity contribution >= 4 is 0 Å². The highest BCUT2D eigenvalue weighted by molar-refractivity contribution is 5.00. The molecule has 0 spiro atoms. The molecule has 0 heterocycles. The van der Waals surface area contributed by atoms with E-state index >= 15 is 0 Å². The third kappa shape index (κ3) is 2.94. The van der Waals surface area contributed by atoms with Gasteiger partial charge in [0.1, 0.15) is 0 Å². The Morgan fingerprint density at radius 2 is 1.87 bits per heavy atom. The van der Waals surface area contributed by atoms with Crippen molar-refractivity contribution < 1.29 is 0 Å². The number of rotatable bonds is 6. The van der Waals surface area contributed by atoms with Gasteiger partial charge in [0.05, 0.1) is 0 Å². The van der Waals surface area contributed by atoms with Crippen LogP contribution in [0.1, 0.15) is 39.5 Å². The van der Waals surface area contributed by atoms with Crippen LogP contribution >= 0.6 is 0 Å². The minimum Gasteiger partial charge on any atom is -0.315 e. The Kier molecular flexibility index (Phi) is 4.04. The molecule has 2 aliphatic carbocycles. The van der Waals surface area contributed by atoms with Gasteiger partial charge in [-0.15, -0.1) is 0 Å². The van der Waals surface area contributed by atoms with Crippen LogP contribution in [0.3, 0.4) is 0 Å². The maximum absolute atomic E-state index is 3.67. The summed E-state index contributed by atoms with van der Waals surface area (Å²) < 4.78 is 0. The SMILES string of the molecule is CCNCC(C)NCC1C2CCCCC21. The van der Waals surface area contributed by atoms with E-state index in [1.54, 1.807) is 0 Å². The summed E-state index contributed by atoms with van der Waals surface area (Å²) >= 11 is 0. The van der Waals surface area contributed by atoms with Crippen molar-refractivity contribution in [3.05, 3.63) is 0 Å². The quantitative estimate of drug-likeness (QED) is 0.701. The first-order valence-corrected chi connectivity index (χ1v) is 6.77. The molecule has 2 saturated carbocycles. The van der Waals surface area contributed by atoms with Crippen LogP contribution in [0.5, 0.6) is 0 Å². The minimum absolute atomic E-state index is 0.632. The zero-order valence-electron chi connectivity index (χ0n) is 10.3. The third-order valence-electron chi connectivity index (χ3n) is 4.24. The van der Waals surface area contributed by atoms with E-state index in [9.17, 15) is 0 Å². The Hall–Kier alpha value is -0.0800. The first kappa shape index (κ1) is 11.4. The Morgan fingerprint density at radius 3 is 2.47 bits per heavy atom. The molecule has 3 atom stereocenters. The van der Waals surface area contributed by atoms with Gasteiger partial charge >= 0.3 is 0 Å². The highest BCUT2D eigenvalue weighted by atomic mass is 15.0. The minimum atomic E-state index is 0.632. The molecule has 2 heteroatoms. The second kappa shape index (κ2) is 5.31. The molecular formula is C13H26N2. The zero-order valence-corrected chi connectivity index (χ0v) is 10.3. The van der Waals surface area contributed by atoms with E-state index in [0.717, 1.165) is 30.8 Å². The molecule has 88 valence electrons. The van der Waals surface area contributed by atoms with Crippen LogP contribution in [0.25, 0.3) is 0 Å². The summed E-state index contributed by atoms with van der Waals surface area (Å²) in [6.45, 7) is 7.91. The molecule has 0 aromatic carbocycles. The normalized spacial score (nSPS) is 36.0. The number of hydrogen-bond acceptors (Lipinski definition) is 2. The van der Waals surface area contributed by atoms with Gasteiger partial charge < -0.3 is 10.6 Å². The van der Waals surface area contributed by atoms with Crippen molar-refractivity contribution in [1.29, 1.82) is 0 Å². The monoisotopic (exact) mass is 210 g/mol. The van der Waals surface area contributed by atoms with Crippen LogP contribution in [0.2, 0.25) is 0 Å². The van der Waals surface area contributed by atoms with E-state index in [1.807, 2.05) is 0 Å². The van der Waals surface area contributed by atoms with Crippen LogP contribution in [-0.4, -0.2) is 25.7 Å². The van der Waals surface area contributed by atoms with Crippen molar-refractivity contribution in [1.82, 2.24) is 10.6 Å². The maximum Gasteiger partial charge on any atom is 0.0164 e.